The van der Waals surface area contributed by atoms with Crippen molar-refractivity contribution in [2.45, 2.75) is 16.1 Å². The zero-order valence-electron chi connectivity index (χ0n) is 12.7. The predicted octanol–water partition coefficient (Wildman–Crippen LogP) is 1.85. The van der Waals surface area contributed by atoms with Crippen LogP contribution < -0.4 is 5.32 Å². The fourth-order valence-corrected chi connectivity index (χ4v) is 4.37. The summed E-state index contributed by atoms with van der Waals surface area (Å²) in [5, 5.41) is 21.6. The number of sulfone groups is 1. The zero-order chi connectivity index (χ0) is 18.6. The van der Waals surface area contributed by atoms with Crippen LogP contribution in [0.3, 0.4) is 0 Å². The molecule has 0 saturated heterocycles. The maximum atomic E-state index is 13.1. The summed E-state index contributed by atoms with van der Waals surface area (Å²) < 4.78 is 31.2. The highest BCUT2D eigenvalue weighted by atomic mass is 35.5. The highest BCUT2D eigenvalue weighted by Crippen LogP contribution is 2.38. The van der Waals surface area contributed by atoms with Gasteiger partial charge in [0.1, 0.15) is 5.52 Å². The van der Waals surface area contributed by atoms with Crippen molar-refractivity contribution < 1.29 is 27.9 Å². The summed E-state index contributed by atoms with van der Waals surface area (Å²) in [6, 6.07) is 6.56. The molecule has 0 spiro atoms. The van der Waals surface area contributed by atoms with E-state index in [0.29, 0.717) is 11.1 Å². The number of fused-ring (bicyclic) bond motifs is 2. The minimum Gasteiger partial charge on any atom is -0.443 e. The van der Waals surface area contributed by atoms with Gasteiger partial charge in [-0.2, -0.15) is 5.06 Å². The topological polar surface area (TPSA) is 133 Å². The lowest BCUT2D eigenvalue weighted by molar-refractivity contribution is -0.148. The van der Waals surface area contributed by atoms with Gasteiger partial charge in [-0.15, -0.1) is 0 Å². The number of halogens is 1. The molecule has 0 fully saturated rings. The Kier molecular flexibility index (Phi) is 3.66. The molecule has 1 amide bonds. The lowest BCUT2D eigenvalue weighted by Gasteiger charge is -2.31. The summed E-state index contributed by atoms with van der Waals surface area (Å²) in [5.74, 6) is -1.03. The molecule has 1 unspecified atom stereocenters. The molecule has 3 aromatic rings. The van der Waals surface area contributed by atoms with Crippen LogP contribution >= 0.6 is 11.6 Å². The van der Waals surface area contributed by atoms with E-state index in [1.165, 1.54) is 36.7 Å². The highest BCUT2D eigenvalue weighted by molar-refractivity contribution is 7.91. The number of rotatable bonds is 2. The number of aliphatic hydroxyl groups excluding tert-OH is 1. The number of aromatic nitrogens is 1. The van der Waals surface area contributed by atoms with Gasteiger partial charge in [0.2, 0.25) is 16.2 Å². The normalized spacial score (nSPS) is 17.3. The van der Waals surface area contributed by atoms with Gasteiger partial charge in [0.25, 0.3) is 5.91 Å². The number of amides is 1. The molecule has 1 aliphatic rings. The van der Waals surface area contributed by atoms with Gasteiger partial charge in [-0.3, -0.25) is 10.0 Å². The van der Waals surface area contributed by atoms with Crippen LogP contribution in [0.15, 0.2) is 50.9 Å². The van der Waals surface area contributed by atoms with E-state index in [1.54, 1.807) is 0 Å². The van der Waals surface area contributed by atoms with Crippen molar-refractivity contribution in [1.82, 2.24) is 10.0 Å². The van der Waals surface area contributed by atoms with E-state index in [4.69, 9.17) is 16.0 Å². The first kappa shape index (κ1) is 16.8. The fraction of sp³-hybridized carbons (Fsp3) is 0.0667. The van der Waals surface area contributed by atoms with Gasteiger partial charge in [0.15, 0.2) is 12.0 Å². The van der Waals surface area contributed by atoms with Crippen LogP contribution in [-0.4, -0.2) is 41.0 Å². The van der Waals surface area contributed by atoms with Crippen molar-refractivity contribution in [3.05, 3.63) is 47.3 Å². The Morgan fingerprint density at radius 3 is 2.81 bits per heavy atom. The average molecular weight is 396 g/mol. The van der Waals surface area contributed by atoms with Crippen molar-refractivity contribution in [2.24, 2.45) is 0 Å². The quantitative estimate of drug-likeness (QED) is 0.560. The molecule has 1 aromatic heterocycles. The molecule has 1 aliphatic heterocycles. The summed E-state index contributed by atoms with van der Waals surface area (Å²) in [5.41, 5.74) is 0.310. The van der Waals surface area contributed by atoms with E-state index < -0.39 is 22.1 Å². The van der Waals surface area contributed by atoms with Crippen LogP contribution in [-0.2, 0) is 9.84 Å². The molecule has 0 aliphatic carbocycles. The molecule has 4 rings (SSSR count). The van der Waals surface area contributed by atoms with E-state index >= 15 is 0 Å². The summed E-state index contributed by atoms with van der Waals surface area (Å²) >= 11 is 5.98. The zero-order valence-corrected chi connectivity index (χ0v) is 14.3. The van der Waals surface area contributed by atoms with Crippen molar-refractivity contribution in [3.63, 3.8) is 0 Å². The molecule has 0 bridgehead atoms. The van der Waals surface area contributed by atoms with Crippen LogP contribution in [0, 0.1) is 0 Å². The van der Waals surface area contributed by atoms with Crippen molar-refractivity contribution in [3.8, 4) is 0 Å². The lowest BCUT2D eigenvalue weighted by Crippen LogP contribution is -2.47. The Balaban J connectivity index is 1.94. The number of nitrogens with one attached hydrogen (secondary N) is 1. The van der Waals surface area contributed by atoms with Gasteiger partial charge in [-0.05, 0) is 30.3 Å². The number of carbonyl (C=O) groups excluding carboxylic acids is 1. The number of anilines is 1. The smallest absolute Gasteiger partial charge is 0.284 e. The van der Waals surface area contributed by atoms with Crippen LogP contribution in [0.25, 0.3) is 11.1 Å². The molecule has 26 heavy (non-hydrogen) atoms. The summed E-state index contributed by atoms with van der Waals surface area (Å²) in [6.07, 6.45) is -0.627. The highest BCUT2D eigenvalue weighted by Gasteiger charge is 2.36. The van der Waals surface area contributed by atoms with Gasteiger partial charge in [0.05, 0.1) is 26.1 Å². The van der Waals surface area contributed by atoms with Crippen molar-refractivity contribution >= 4 is 44.1 Å². The number of oxazole rings is 1. The Morgan fingerprint density at radius 1 is 1.27 bits per heavy atom. The number of nitrogens with zero attached hydrogens (tertiary/aromatic N) is 2. The third-order valence-corrected chi connectivity index (χ3v) is 6.05. The number of hydrogen-bond acceptors (Lipinski definition) is 8. The first-order valence-corrected chi connectivity index (χ1v) is 9.04. The van der Waals surface area contributed by atoms with Crippen molar-refractivity contribution in [2.75, 3.05) is 5.32 Å². The molecule has 0 saturated carbocycles. The molecule has 11 heteroatoms. The van der Waals surface area contributed by atoms with Crippen molar-refractivity contribution in [1.29, 1.82) is 0 Å². The van der Waals surface area contributed by atoms with E-state index in [-0.39, 0.29) is 31.1 Å². The standard InChI is InChI=1S/C15H10ClN3O6S/c16-8-2-4-11(13-12(8)14(20)19(22)15(21)18-13)26(23,24)7-1-3-10-9(5-7)17-6-25-10/h1-6,15,18,21-22H. The number of hydrogen-bond donors (Lipinski definition) is 3. The number of aliphatic hydroxyl groups is 1. The average Bonchev–Trinajstić information content (AvgIpc) is 3.07. The monoisotopic (exact) mass is 395 g/mol. The molecule has 1 atom stereocenters. The second-order valence-electron chi connectivity index (χ2n) is 5.45. The van der Waals surface area contributed by atoms with Gasteiger partial charge < -0.3 is 14.8 Å². The molecule has 9 nitrogen and oxygen atoms in total. The number of carbonyl (C=O) groups is 1. The molecule has 134 valence electrons. The second kappa shape index (κ2) is 5.68. The van der Waals surface area contributed by atoms with Gasteiger partial charge >= 0.3 is 0 Å². The lowest BCUT2D eigenvalue weighted by atomic mass is 10.1. The maximum Gasteiger partial charge on any atom is 0.284 e. The Bertz CT molecular complexity index is 1160. The third-order valence-electron chi connectivity index (χ3n) is 3.94. The molecule has 2 heterocycles. The van der Waals surface area contributed by atoms with Gasteiger partial charge in [-0.1, -0.05) is 11.6 Å². The molecular weight excluding hydrogens is 386 g/mol. The molecule has 2 aromatic carbocycles. The van der Waals surface area contributed by atoms with Crippen LogP contribution in [0.2, 0.25) is 5.02 Å². The Hall–Kier alpha value is -2.66. The van der Waals surface area contributed by atoms with Crippen LogP contribution in [0.4, 0.5) is 5.69 Å². The maximum absolute atomic E-state index is 13.1. The van der Waals surface area contributed by atoms with E-state index in [9.17, 15) is 23.5 Å². The first-order valence-electron chi connectivity index (χ1n) is 7.18. The Labute approximate surface area is 151 Å². The van der Waals surface area contributed by atoms with E-state index in [2.05, 4.69) is 10.3 Å². The number of hydroxylamine groups is 2. The van der Waals surface area contributed by atoms with Crippen LogP contribution in [0.1, 0.15) is 10.4 Å². The first-order chi connectivity index (χ1) is 12.3. The molecule has 3 N–H and O–H groups in total. The third kappa shape index (κ3) is 2.35. The minimum absolute atomic E-state index is 0.0199. The van der Waals surface area contributed by atoms with E-state index in [1.807, 2.05) is 0 Å². The SMILES string of the molecule is O=C1c2c(Cl)ccc(S(=O)(=O)c3ccc4ocnc4c3)c2NC(O)N1O. The second-order valence-corrected chi connectivity index (χ2v) is 7.77. The van der Waals surface area contributed by atoms with Gasteiger partial charge in [-0.25, -0.2) is 13.4 Å². The summed E-state index contributed by atoms with van der Waals surface area (Å²) in [7, 11) is -4.10. The Morgan fingerprint density at radius 2 is 2.04 bits per heavy atom. The minimum atomic E-state index is -4.10. The molecular formula is C15H10ClN3O6S. The molecule has 0 radical (unpaired) electrons. The predicted molar refractivity (Wildman–Crippen MR) is 88.5 cm³/mol. The summed E-state index contributed by atoms with van der Waals surface area (Å²) in [4.78, 5) is 15.7. The largest absolute Gasteiger partial charge is 0.443 e. The summed E-state index contributed by atoms with van der Waals surface area (Å²) in [6.45, 7) is 0. The fourth-order valence-electron chi connectivity index (χ4n) is 2.68. The number of benzene rings is 2. The van der Waals surface area contributed by atoms with E-state index in [0.717, 1.165) is 0 Å². The van der Waals surface area contributed by atoms with Gasteiger partial charge in [0, 0.05) is 0 Å². The van der Waals surface area contributed by atoms with Crippen LogP contribution in [0.5, 0.6) is 0 Å².